The number of carbonyl (C=O) groups excluding carboxylic acids is 1. The maximum atomic E-state index is 12.1. The van der Waals surface area contributed by atoms with Crippen LogP contribution in [-0.4, -0.2) is 38.0 Å². The number of carbonyl (C=O) groups is 2. The number of nitro benzene ring substituents is 2. The minimum absolute atomic E-state index is 0.0175. The lowest BCUT2D eigenvalue weighted by Crippen LogP contribution is -2.42. The third kappa shape index (κ3) is 5.73. The van der Waals surface area contributed by atoms with Gasteiger partial charge in [0.2, 0.25) is 5.91 Å². The molecule has 152 valence electrons. The highest BCUT2D eigenvalue weighted by Crippen LogP contribution is 2.36. The van der Waals surface area contributed by atoms with Crippen molar-refractivity contribution in [3.63, 3.8) is 0 Å². The lowest BCUT2D eigenvalue weighted by atomic mass is 10.0. The molecule has 0 fully saturated rings. The van der Waals surface area contributed by atoms with Crippen LogP contribution in [0.4, 0.5) is 11.4 Å². The van der Waals surface area contributed by atoms with E-state index in [9.17, 15) is 40.0 Å². The molecule has 1 amide bonds. The van der Waals surface area contributed by atoms with Crippen LogP contribution in [0.2, 0.25) is 0 Å². The van der Waals surface area contributed by atoms with Crippen molar-refractivity contribution < 1.29 is 29.6 Å². The zero-order valence-corrected chi connectivity index (χ0v) is 15.0. The number of aromatic hydroxyl groups is 1. The molecule has 1 atom stereocenters. The van der Waals surface area contributed by atoms with Crippen molar-refractivity contribution in [3.8, 4) is 5.75 Å². The Labute approximate surface area is 163 Å². The Kier molecular flexibility index (Phi) is 6.80. The molecule has 0 aliphatic rings. The molecule has 0 aromatic heterocycles. The number of hydrogen-bond donors (Lipinski definition) is 3. The fourth-order valence-corrected chi connectivity index (χ4v) is 2.66. The molecule has 2 aromatic carbocycles. The predicted octanol–water partition coefficient (Wildman–Crippen LogP) is 1.95. The van der Waals surface area contributed by atoms with E-state index in [0.29, 0.717) is 6.42 Å². The molecule has 0 aliphatic carbocycles. The monoisotopic (exact) mass is 403 g/mol. The van der Waals surface area contributed by atoms with Gasteiger partial charge in [-0.2, -0.15) is 0 Å². The van der Waals surface area contributed by atoms with E-state index in [2.05, 4.69) is 5.32 Å². The predicted molar refractivity (Wildman–Crippen MR) is 99.4 cm³/mol. The highest BCUT2D eigenvalue weighted by molar-refractivity contribution is 5.84. The van der Waals surface area contributed by atoms with Crippen LogP contribution in [0.3, 0.4) is 0 Å². The van der Waals surface area contributed by atoms with Gasteiger partial charge in [0.05, 0.1) is 9.85 Å². The van der Waals surface area contributed by atoms with Gasteiger partial charge in [-0.05, 0) is 17.5 Å². The van der Waals surface area contributed by atoms with Crippen molar-refractivity contribution in [2.45, 2.75) is 25.3 Å². The zero-order chi connectivity index (χ0) is 21.6. The molecule has 0 saturated carbocycles. The van der Waals surface area contributed by atoms with Crippen molar-refractivity contribution in [3.05, 3.63) is 73.8 Å². The first-order chi connectivity index (χ1) is 13.7. The summed E-state index contributed by atoms with van der Waals surface area (Å²) >= 11 is 0. The maximum Gasteiger partial charge on any atom is 0.326 e. The first kappa shape index (κ1) is 21.3. The fourth-order valence-electron chi connectivity index (χ4n) is 2.66. The lowest BCUT2D eigenvalue weighted by Gasteiger charge is -2.15. The Balaban J connectivity index is 2.15. The van der Waals surface area contributed by atoms with Crippen LogP contribution in [0.1, 0.15) is 17.5 Å². The molecule has 29 heavy (non-hydrogen) atoms. The van der Waals surface area contributed by atoms with Gasteiger partial charge in [-0.15, -0.1) is 0 Å². The van der Waals surface area contributed by atoms with E-state index in [1.54, 1.807) is 12.1 Å². The first-order valence-electron chi connectivity index (χ1n) is 8.39. The number of nitro groups is 2. The molecule has 3 N–H and O–H groups in total. The number of amides is 1. The number of aliphatic carboxylic acids is 1. The molecule has 0 saturated heterocycles. The van der Waals surface area contributed by atoms with Crippen molar-refractivity contribution in [1.29, 1.82) is 0 Å². The SMILES string of the molecule is O=C(CCc1ccccc1)N[C@@H](Cc1cc([N+](=O)[O-])c(O)c([N+](=O)[O-])c1)C(=O)O. The molecule has 2 rings (SSSR count). The normalized spacial score (nSPS) is 11.4. The van der Waals surface area contributed by atoms with Gasteiger partial charge < -0.3 is 15.5 Å². The third-order valence-corrected chi connectivity index (χ3v) is 4.08. The highest BCUT2D eigenvalue weighted by Gasteiger charge is 2.28. The fraction of sp³-hybridized carbons (Fsp3) is 0.222. The van der Waals surface area contributed by atoms with Gasteiger partial charge in [0, 0.05) is 25.0 Å². The summed E-state index contributed by atoms with van der Waals surface area (Å²) in [6.45, 7) is 0. The number of phenolic OH excluding ortho intramolecular Hbond substituents is 1. The van der Waals surface area contributed by atoms with Crippen LogP contribution in [0.15, 0.2) is 42.5 Å². The van der Waals surface area contributed by atoms with Gasteiger partial charge in [0.15, 0.2) is 0 Å². The number of rotatable bonds is 9. The van der Waals surface area contributed by atoms with Crippen molar-refractivity contribution in [1.82, 2.24) is 5.32 Å². The quantitative estimate of drug-likeness (QED) is 0.421. The topological polar surface area (TPSA) is 173 Å². The molecule has 11 nitrogen and oxygen atoms in total. The van der Waals surface area contributed by atoms with Gasteiger partial charge in [0.25, 0.3) is 5.75 Å². The molecule has 11 heteroatoms. The molecule has 0 heterocycles. The summed E-state index contributed by atoms with van der Waals surface area (Å²) in [5.41, 5.74) is -1.04. The second-order valence-corrected chi connectivity index (χ2v) is 6.14. The van der Waals surface area contributed by atoms with E-state index in [0.717, 1.165) is 17.7 Å². The summed E-state index contributed by atoms with van der Waals surface area (Å²) in [4.78, 5) is 43.6. The third-order valence-electron chi connectivity index (χ3n) is 4.08. The number of nitrogens with zero attached hydrogens (tertiary/aromatic N) is 2. The summed E-state index contributed by atoms with van der Waals surface area (Å²) in [7, 11) is 0. The zero-order valence-electron chi connectivity index (χ0n) is 15.0. The van der Waals surface area contributed by atoms with E-state index in [4.69, 9.17) is 0 Å². The second kappa shape index (κ2) is 9.26. The molecule has 0 bridgehead atoms. The molecular formula is C18H17N3O8. The van der Waals surface area contributed by atoms with Crippen molar-refractivity contribution in [2.24, 2.45) is 0 Å². The van der Waals surface area contributed by atoms with Crippen LogP contribution in [-0.2, 0) is 22.4 Å². The maximum absolute atomic E-state index is 12.1. The summed E-state index contributed by atoms with van der Waals surface area (Å²) in [6, 6.07) is 9.29. The largest absolute Gasteiger partial charge is 0.497 e. The Hall–Kier alpha value is -4.02. The summed E-state index contributed by atoms with van der Waals surface area (Å²) in [5.74, 6) is -3.08. The van der Waals surface area contributed by atoms with Crippen LogP contribution >= 0.6 is 0 Å². The highest BCUT2D eigenvalue weighted by atomic mass is 16.6. The van der Waals surface area contributed by atoms with Crippen LogP contribution in [0.5, 0.6) is 5.75 Å². The average Bonchev–Trinajstić information content (AvgIpc) is 2.67. The van der Waals surface area contributed by atoms with Crippen LogP contribution in [0.25, 0.3) is 0 Å². The number of nitrogens with one attached hydrogen (secondary N) is 1. The molecule has 0 spiro atoms. The van der Waals surface area contributed by atoms with Gasteiger partial charge in [-0.1, -0.05) is 30.3 Å². The van der Waals surface area contributed by atoms with Gasteiger partial charge in [0.1, 0.15) is 6.04 Å². The van der Waals surface area contributed by atoms with Crippen molar-refractivity contribution in [2.75, 3.05) is 0 Å². The van der Waals surface area contributed by atoms with Gasteiger partial charge in [-0.3, -0.25) is 25.0 Å². The molecule has 0 radical (unpaired) electrons. The molecular weight excluding hydrogens is 386 g/mol. The minimum atomic E-state index is -1.46. The standard InChI is InChI=1S/C18H17N3O8/c22-16(7-6-11-4-2-1-3-5-11)19-13(18(24)25)8-12-9-14(20(26)27)17(23)15(10-12)21(28)29/h1-5,9-10,13,23H,6-8H2,(H,19,22)(H,24,25)/t13-/m0/s1. The number of benzene rings is 2. The first-order valence-corrected chi connectivity index (χ1v) is 8.39. The number of carboxylic acid groups (broad SMARTS) is 1. The van der Waals surface area contributed by atoms with E-state index < -0.39 is 51.3 Å². The second-order valence-electron chi connectivity index (χ2n) is 6.14. The Morgan fingerprint density at radius 3 is 2.03 bits per heavy atom. The number of phenols is 1. The lowest BCUT2D eigenvalue weighted by molar-refractivity contribution is -0.396. The Bertz CT molecular complexity index is 910. The number of aryl methyl sites for hydroxylation is 1. The minimum Gasteiger partial charge on any atom is -0.497 e. The van der Waals surface area contributed by atoms with E-state index in [1.165, 1.54) is 0 Å². The van der Waals surface area contributed by atoms with Gasteiger partial charge >= 0.3 is 17.3 Å². The van der Waals surface area contributed by atoms with Crippen LogP contribution < -0.4 is 5.32 Å². The smallest absolute Gasteiger partial charge is 0.326 e. The number of carboxylic acids is 1. The number of hydrogen-bond acceptors (Lipinski definition) is 7. The molecule has 2 aromatic rings. The van der Waals surface area contributed by atoms with E-state index in [1.807, 2.05) is 18.2 Å². The Morgan fingerprint density at radius 2 is 1.55 bits per heavy atom. The summed E-state index contributed by atoms with van der Waals surface area (Å²) in [6.07, 6.45) is -0.0345. The van der Waals surface area contributed by atoms with Crippen molar-refractivity contribution >= 4 is 23.3 Å². The summed E-state index contributed by atoms with van der Waals surface area (Å²) in [5, 5.41) is 43.3. The average molecular weight is 403 g/mol. The summed E-state index contributed by atoms with van der Waals surface area (Å²) < 4.78 is 0. The molecule has 0 unspecified atom stereocenters. The van der Waals surface area contributed by atoms with Gasteiger partial charge in [-0.25, -0.2) is 4.79 Å². The van der Waals surface area contributed by atoms with Crippen LogP contribution in [0, 0.1) is 20.2 Å². The van der Waals surface area contributed by atoms with E-state index >= 15 is 0 Å². The Morgan fingerprint density at radius 1 is 1.00 bits per heavy atom. The molecule has 0 aliphatic heterocycles. The van der Waals surface area contributed by atoms with E-state index in [-0.39, 0.29) is 12.0 Å².